The summed E-state index contributed by atoms with van der Waals surface area (Å²) in [5.41, 5.74) is 1.31. The summed E-state index contributed by atoms with van der Waals surface area (Å²) in [7, 11) is 0. The van der Waals surface area contributed by atoms with Crippen LogP contribution in [0, 0.1) is 5.82 Å². The Morgan fingerprint density at radius 1 is 1.00 bits per heavy atom. The lowest BCUT2D eigenvalue weighted by atomic mass is 10.1. The Bertz CT molecular complexity index is 710. The van der Waals surface area contributed by atoms with E-state index in [0.29, 0.717) is 27.6 Å². The van der Waals surface area contributed by atoms with Crippen molar-refractivity contribution in [2.45, 2.75) is 6.42 Å². The Labute approximate surface area is 129 Å². The number of imide groups is 1. The van der Waals surface area contributed by atoms with Gasteiger partial charge in [0.1, 0.15) is 5.82 Å². The van der Waals surface area contributed by atoms with Gasteiger partial charge in [-0.2, -0.15) is 0 Å². The van der Waals surface area contributed by atoms with Gasteiger partial charge in [-0.15, -0.1) is 0 Å². The zero-order valence-electron chi connectivity index (χ0n) is 11.0. The lowest BCUT2D eigenvalue weighted by Crippen LogP contribution is -2.31. The molecule has 0 N–H and O–H groups in total. The maximum Gasteiger partial charge on any atom is 0.261 e. The summed E-state index contributed by atoms with van der Waals surface area (Å²) in [5.74, 6) is -0.970. The molecule has 2 aromatic carbocycles. The molecule has 0 radical (unpaired) electrons. The third kappa shape index (κ3) is 2.49. The maximum atomic E-state index is 13.8. The fourth-order valence-corrected chi connectivity index (χ4v) is 2.73. The summed E-state index contributed by atoms with van der Waals surface area (Å²) in [6, 6.07) is 11.5. The number of halogens is 2. The van der Waals surface area contributed by atoms with Crippen LogP contribution in [0.1, 0.15) is 26.3 Å². The van der Waals surface area contributed by atoms with Crippen molar-refractivity contribution in [2.75, 3.05) is 6.54 Å². The molecule has 0 aliphatic carbocycles. The number of hydrogen-bond acceptors (Lipinski definition) is 2. The number of rotatable bonds is 3. The van der Waals surface area contributed by atoms with Gasteiger partial charge in [0, 0.05) is 11.0 Å². The summed E-state index contributed by atoms with van der Waals surface area (Å²) in [5, 5.41) is 0. The third-order valence-corrected chi connectivity index (χ3v) is 3.99. The molecule has 5 heteroatoms. The standard InChI is InChI=1S/C16H11BrFNO2/c17-11-6-5-10(14(18)9-11)7-8-19-15(20)12-3-1-2-4-13(12)16(19)21/h1-6,9H,7-8H2. The minimum atomic E-state index is -0.346. The molecule has 1 heterocycles. The smallest absolute Gasteiger partial charge is 0.261 e. The minimum Gasteiger partial charge on any atom is -0.274 e. The Morgan fingerprint density at radius 2 is 1.62 bits per heavy atom. The van der Waals surface area contributed by atoms with Gasteiger partial charge in [0.05, 0.1) is 11.1 Å². The molecule has 0 aromatic heterocycles. The predicted molar refractivity (Wildman–Crippen MR) is 79.6 cm³/mol. The Morgan fingerprint density at radius 3 is 2.19 bits per heavy atom. The van der Waals surface area contributed by atoms with Gasteiger partial charge in [0.15, 0.2) is 0 Å². The first-order valence-corrected chi connectivity index (χ1v) is 7.26. The second-order valence-corrected chi connectivity index (χ2v) is 5.71. The lowest BCUT2D eigenvalue weighted by Gasteiger charge is -2.14. The third-order valence-electron chi connectivity index (χ3n) is 3.50. The first-order chi connectivity index (χ1) is 10.1. The van der Waals surface area contributed by atoms with E-state index in [9.17, 15) is 14.0 Å². The van der Waals surface area contributed by atoms with Crippen molar-refractivity contribution in [2.24, 2.45) is 0 Å². The van der Waals surface area contributed by atoms with Crippen LogP contribution in [-0.4, -0.2) is 23.3 Å². The van der Waals surface area contributed by atoms with Gasteiger partial charge in [-0.1, -0.05) is 34.1 Å². The maximum absolute atomic E-state index is 13.8. The van der Waals surface area contributed by atoms with E-state index in [4.69, 9.17) is 0 Å². The highest BCUT2D eigenvalue weighted by atomic mass is 79.9. The van der Waals surface area contributed by atoms with Gasteiger partial charge in [-0.3, -0.25) is 14.5 Å². The number of benzene rings is 2. The molecule has 0 atom stereocenters. The molecule has 0 saturated carbocycles. The zero-order valence-corrected chi connectivity index (χ0v) is 12.6. The Balaban J connectivity index is 1.78. The molecule has 21 heavy (non-hydrogen) atoms. The van der Waals surface area contributed by atoms with Crippen molar-refractivity contribution >= 4 is 27.7 Å². The molecular formula is C16H11BrFNO2. The molecule has 0 fully saturated rings. The Kier molecular flexibility index (Phi) is 3.59. The molecule has 3 rings (SSSR count). The first kappa shape index (κ1) is 13.9. The second kappa shape index (κ2) is 5.41. The number of nitrogens with zero attached hydrogens (tertiary/aromatic N) is 1. The molecule has 0 unspecified atom stereocenters. The minimum absolute atomic E-state index is 0.172. The number of amides is 2. The van der Waals surface area contributed by atoms with Crippen molar-refractivity contribution < 1.29 is 14.0 Å². The van der Waals surface area contributed by atoms with E-state index in [1.54, 1.807) is 36.4 Å². The van der Waals surface area contributed by atoms with Crippen molar-refractivity contribution in [1.82, 2.24) is 4.90 Å². The van der Waals surface area contributed by atoms with Crippen LogP contribution in [-0.2, 0) is 6.42 Å². The van der Waals surface area contributed by atoms with E-state index in [2.05, 4.69) is 15.9 Å². The van der Waals surface area contributed by atoms with Crippen molar-refractivity contribution in [3.8, 4) is 0 Å². The normalized spacial score (nSPS) is 13.7. The van der Waals surface area contributed by atoms with Crippen LogP contribution < -0.4 is 0 Å². The van der Waals surface area contributed by atoms with Gasteiger partial charge in [-0.25, -0.2) is 4.39 Å². The van der Waals surface area contributed by atoms with Crippen molar-refractivity contribution in [3.05, 3.63) is 69.4 Å². The van der Waals surface area contributed by atoms with Crippen LogP contribution in [0.5, 0.6) is 0 Å². The van der Waals surface area contributed by atoms with Gasteiger partial charge in [0.25, 0.3) is 11.8 Å². The predicted octanol–water partition coefficient (Wildman–Crippen LogP) is 3.43. The molecule has 0 saturated heterocycles. The van der Waals surface area contributed by atoms with Crippen LogP contribution in [0.25, 0.3) is 0 Å². The molecule has 1 aliphatic rings. The van der Waals surface area contributed by atoms with Crippen LogP contribution in [0.15, 0.2) is 46.9 Å². The molecule has 3 nitrogen and oxygen atoms in total. The summed E-state index contributed by atoms with van der Waals surface area (Å²) in [6.45, 7) is 0.172. The zero-order chi connectivity index (χ0) is 15.0. The van der Waals surface area contributed by atoms with E-state index in [1.165, 1.54) is 11.0 Å². The Hall–Kier alpha value is -2.01. The van der Waals surface area contributed by atoms with Gasteiger partial charge in [0.2, 0.25) is 0 Å². The average molecular weight is 348 g/mol. The lowest BCUT2D eigenvalue weighted by molar-refractivity contribution is 0.0655. The molecule has 0 spiro atoms. The van der Waals surface area contributed by atoms with Crippen LogP contribution >= 0.6 is 15.9 Å². The average Bonchev–Trinajstić information content (AvgIpc) is 2.71. The summed E-state index contributed by atoms with van der Waals surface area (Å²) < 4.78 is 14.4. The number of hydrogen-bond donors (Lipinski definition) is 0. The molecule has 2 amide bonds. The highest BCUT2D eigenvalue weighted by molar-refractivity contribution is 9.10. The second-order valence-electron chi connectivity index (χ2n) is 4.79. The van der Waals surface area contributed by atoms with Crippen molar-refractivity contribution in [1.29, 1.82) is 0 Å². The quantitative estimate of drug-likeness (QED) is 0.797. The van der Waals surface area contributed by atoms with Crippen LogP contribution in [0.3, 0.4) is 0 Å². The molecule has 106 valence electrons. The fourth-order valence-electron chi connectivity index (χ4n) is 2.40. The van der Waals surface area contributed by atoms with E-state index in [-0.39, 0.29) is 24.2 Å². The molecule has 0 bridgehead atoms. The summed E-state index contributed by atoms with van der Waals surface area (Å²) in [6.07, 6.45) is 0.296. The molecule has 2 aromatic rings. The summed E-state index contributed by atoms with van der Waals surface area (Å²) in [4.78, 5) is 25.5. The SMILES string of the molecule is O=C1c2ccccc2C(=O)N1CCc1ccc(Br)cc1F. The molecular weight excluding hydrogens is 337 g/mol. The van der Waals surface area contributed by atoms with E-state index >= 15 is 0 Å². The van der Waals surface area contributed by atoms with Gasteiger partial charge >= 0.3 is 0 Å². The monoisotopic (exact) mass is 347 g/mol. The van der Waals surface area contributed by atoms with Gasteiger partial charge in [-0.05, 0) is 36.2 Å². The fraction of sp³-hybridized carbons (Fsp3) is 0.125. The largest absolute Gasteiger partial charge is 0.274 e. The van der Waals surface area contributed by atoms with Crippen molar-refractivity contribution in [3.63, 3.8) is 0 Å². The topological polar surface area (TPSA) is 37.4 Å². The molecule has 1 aliphatic heterocycles. The summed E-state index contributed by atoms with van der Waals surface area (Å²) >= 11 is 3.19. The first-order valence-electron chi connectivity index (χ1n) is 6.47. The van der Waals surface area contributed by atoms with Crippen LogP contribution in [0.2, 0.25) is 0 Å². The highest BCUT2D eigenvalue weighted by Crippen LogP contribution is 2.23. The number of carbonyl (C=O) groups excluding carboxylic acids is 2. The van der Waals surface area contributed by atoms with E-state index in [0.717, 1.165) is 0 Å². The van der Waals surface area contributed by atoms with Crippen LogP contribution in [0.4, 0.5) is 4.39 Å². The highest BCUT2D eigenvalue weighted by Gasteiger charge is 2.34. The number of carbonyl (C=O) groups is 2. The van der Waals surface area contributed by atoms with E-state index in [1.807, 2.05) is 0 Å². The van der Waals surface area contributed by atoms with Gasteiger partial charge < -0.3 is 0 Å². The number of fused-ring (bicyclic) bond motifs is 1. The van der Waals surface area contributed by atoms with E-state index < -0.39 is 0 Å².